The highest BCUT2D eigenvalue weighted by molar-refractivity contribution is 7.80. The zero-order chi connectivity index (χ0) is 13.7. The fourth-order valence-electron chi connectivity index (χ4n) is 2.97. The van der Waals surface area contributed by atoms with Gasteiger partial charge in [0.2, 0.25) is 0 Å². The zero-order valence-electron chi connectivity index (χ0n) is 10.6. The van der Waals surface area contributed by atoms with Gasteiger partial charge >= 0.3 is 0 Å². The number of rotatable bonds is 1. The van der Waals surface area contributed by atoms with Gasteiger partial charge in [0.05, 0.1) is 0 Å². The van der Waals surface area contributed by atoms with Crippen LogP contribution in [0.25, 0.3) is 32.3 Å². The van der Waals surface area contributed by atoms with Crippen LogP contribution in [0.15, 0.2) is 54.6 Å². The monoisotopic (exact) mass is 275 g/mol. The van der Waals surface area contributed by atoms with E-state index in [2.05, 4.69) is 53.8 Å². The second-order valence-corrected chi connectivity index (χ2v) is 5.33. The molecule has 0 saturated carbocycles. The first kappa shape index (κ1) is 11.4. The molecular formula is C17H11N2S. The van der Waals surface area contributed by atoms with Crippen LogP contribution in [0.3, 0.4) is 0 Å². The van der Waals surface area contributed by atoms with E-state index in [1.807, 2.05) is 6.07 Å². The first-order chi connectivity index (χ1) is 9.74. The number of nitrogens with one attached hydrogen (secondary N) is 2. The molecule has 0 bridgehead atoms. The third-order valence-electron chi connectivity index (χ3n) is 3.78. The van der Waals surface area contributed by atoms with Crippen LogP contribution in [-0.2, 0) is 0 Å². The summed E-state index contributed by atoms with van der Waals surface area (Å²) in [5.74, 6) is 0. The minimum absolute atomic E-state index is 0.0417. The van der Waals surface area contributed by atoms with Crippen LogP contribution in [0.4, 0.5) is 5.69 Å². The first-order valence-corrected chi connectivity index (χ1v) is 6.84. The summed E-state index contributed by atoms with van der Waals surface area (Å²) in [4.78, 5) is 0. The van der Waals surface area contributed by atoms with Crippen molar-refractivity contribution >= 4 is 55.3 Å². The van der Waals surface area contributed by atoms with E-state index in [9.17, 15) is 0 Å². The highest BCUT2D eigenvalue weighted by Crippen LogP contribution is 2.37. The molecule has 0 fully saturated rings. The summed E-state index contributed by atoms with van der Waals surface area (Å²) >= 11 is 4.85. The zero-order valence-corrected chi connectivity index (χ0v) is 11.4. The average molecular weight is 275 g/mol. The molecule has 0 unspecified atom stereocenters. The molecule has 2 nitrogen and oxygen atoms in total. The molecule has 0 aliphatic carbocycles. The topological polar surface area (TPSA) is 35.8 Å². The van der Waals surface area contributed by atoms with Crippen molar-refractivity contribution in [2.45, 2.75) is 0 Å². The van der Waals surface area contributed by atoms with E-state index in [-0.39, 0.29) is 5.11 Å². The maximum Gasteiger partial charge on any atom is 0.189 e. The molecule has 0 heterocycles. The van der Waals surface area contributed by atoms with Gasteiger partial charge in [-0.25, -0.2) is 0 Å². The second-order valence-electron chi connectivity index (χ2n) is 4.92. The molecule has 4 aromatic carbocycles. The van der Waals surface area contributed by atoms with E-state index < -0.39 is 0 Å². The highest BCUT2D eigenvalue weighted by Gasteiger charge is 2.10. The van der Waals surface area contributed by atoms with Crippen molar-refractivity contribution in [3.63, 3.8) is 0 Å². The highest BCUT2D eigenvalue weighted by atomic mass is 32.1. The standard InChI is InChI=1S/C17H11N2S/c18-17(20)19-14-9-7-12-5-4-10-2-1-3-11-6-8-13(14)16(12)15(10)11/h1-9,18H,(H,19,20). The number of anilines is 1. The molecule has 2 N–H and O–H groups in total. The molecule has 4 rings (SSSR count). The Labute approximate surface area is 121 Å². The van der Waals surface area contributed by atoms with E-state index in [0.717, 1.165) is 11.1 Å². The van der Waals surface area contributed by atoms with Crippen molar-refractivity contribution in [3.05, 3.63) is 54.6 Å². The lowest BCUT2D eigenvalue weighted by molar-refractivity contribution is 1.61. The summed E-state index contributed by atoms with van der Waals surface area (Å²) < 4.78 is 0. The largest absolute Gasteiger partial charge is 0.331 e. The Morgan fingerprint density at radius 1 is 0.800 bits per heavy atom. The van der Waals surface area contributed by atoms with Crippen molar-refractivity contribution in [2.75, 3.05) is 5.32 Å². The summed E-state index contributed by atoms with van der Waals surface area (Å²) in [6.45, 7) is 0. The fraction of sp³-hybridized carbons (Fsp3) is 0. The smallest absolute Gasteiger partial charge is 0.189 e. The Bertz CT molecular complexity index is 943. The van der Waals surface area contributed by atoms with E-state index in [1.54, 1.807) is 0 Å². The lowest BCUT2D eigenvalue weighted by Crippen LogP contribution is -2.09. The number of thiocarbonyl (C=S) groups is 1. The second kappa shape index (κ2) is 4.05. The molecule has 0 amide bonds. The molecule has 20 heavy (non-hydrogen) atoms. The van der Waals surface area contributed by atoms with Gasteiger partial charge in [-0.3, -0.25) is 5.73 Å². The van der Waals surface area contributed by atoms with Crippen LogP contribution in [0.1, 0.15) is 0 Å². The van der Waals surface area contributed by atoms with Crippen molar-refractivity contribution in [1.82, 2.24) is 5.73 Å². The third kappa shape index (κ3) is 1.53. The fourth-order valence-corrected chi connectivity index (χ4v) is 3.08. The van der Waals surface area contributed by atoms with Crippen LogP contribution in [-0.4, -0.2) is 5.11 Å². The normalized spacial score (nSPS) is 11.4. The summed E-state index contributed by atoms with van der Waals surface area (Å²) in [7, 11) is 0. The summed E-state index contributed by atoms with van der Waals surface area (Å²) in [5, 5.41) is 10.3. The van der Waals surface area contributed by atoms with Crippen molar-refractivity contribution in [2.24, 2.45) is 0 Å². The maximum atomic E-state index is 7.47. The first-order valence-electron chi connectivity index (χ1n) is 6.43. The minimum Gasteiger partial charge on any atom is -0.331 e. The summed E-state index contributed by atoms with van der Waals surface area (Å²) in [6.07, 6.45) is 0. The van der Waals surface area contributed by atoms with Gasteiger partial charge in [-0.15, -0.1) is 0 Å². The van der Waals surface area contributed by atoms with Crippen LogP contribution < -0.4 is 11.1 Å². The Hall–Kier alpha value is -2.39. The minimum atomic E-state index is 0.0417. The van der Waals surface area contributed by atoms with Crippen LogP contribution in [0.2, 0.25) is 0 Å². The van der Waals surface area contributed by atoms with Gasteiger partial charge in [-0.05, 0) is 45.2 Å². The Morgan fingerprint density at radius 3 is 2.10 bits per heavy atom. The molecule has 0 aliphatic heterocycles. The van der Waals surface area contributed by atoms with Gasteiger partial charge in [0.1, 0.15) is 0 Å². The van der Waals surface area contributed by atoms with E-state index >= 15 is 0 Å². The Kier molecular flexibility index (Phi) is 2.32. The quantitative estimate of drug-likeness (QED) is 0.408. The molecule has 0 atom stereocenters. The van der Waals surface area contributed by atoms with Crippen LogP contribution in [0.5, 0.6) is 0 Å². The molecular weight excluding hydrogens is 264 g/mol. The summed E-state index contributed by atoms with van der Waals surface area (Å²) in [6, 6.07) is 19.0. The van der Waals surface area contributed by atoms with Gasteiger partial charge in [0.15, 0.2) is 5.11 Å². The predicted octanol–water partition coefficient (Wildman–Crippen LogP) is 4.56. The molecule has 95 valence electrons. The molecule has 3 heteroatoms. The number of benzene rings is 4. The molecule has 4 aromatic rings. The molecule has 0 saturated heterocycles. The average Bonchev–Trinajstić information content (AvgIpc) is 2.46. The molecule has 0 aliphatic rings. The van der Waals surface area contributed by atoms with E-state index in [0.29, 0.717) is 0 Å². The van der Waals surface area contributed by atoms with E-state index in [4.69, 9.17) is 18.0 Å². The molecule has 0 spiro atoms. The molecule has 1 radical (unpaired) electrons. The van der Waals surface area contributed by atoms with Crippen molar-refractivity contribution in [3.8, 4) is 0 Å². The van der Waals surface area contributed by atoms with Gasteiger partial charge in [-0.2, -0.15) is 0 Å². The van der Waals surface area contributed by atoms with E-state index in [1.165, 1.54) is 26.9 Å². The van der Waals surface area contributed by atoms with Crippen LogP contribution in [0, 0.1) is 0 Å². The number of hydrogen-bond acceptors (Lipinski definition) is 1. The van der Waals surface area contributed by atoms with Crippen LogP contribution >= 0.6 is 12.2 Å². The predicted molar refractivity (Wildman–Crippen MR) is 89.5 cm³/mol. The van der Waals surface area contributed by atoms with Gasteiger partial charge < -0.3 is 5.32 Å². The van der Waals surface area contributed by atoms with Gasteiger partial charge in [0.25, 0.3) is 0 Å². The van der Waals surface area contributed by atoms with Gasteiger partial charge in [0, 0.05) is 11.1 Å². The Balaban J connectivity index is 2.23. The van der Waals surface area contributed by atoms with Crippen molar-refractivity contribution in [1.29, 1.82) is 0 Å². The third-order valence-corrected chi connectivity index (χ3v) is 3.88. The van der Waals surface area contributed by atoms with Crippen molar-refractivity contribution < 1.29 is 0 Å². The lowest BCUT2D eigenvalue weighted by atomic mass is 9.93. The van der Waals surface area contributed by atoms with Gasteiger partial charge in [-0.1, -0.05) is 48.5 Å². The lowest BCUT2D eigenvalue weighted by Gasteiger charge is -2.14. The number of hydrogen-bond donors (Lipinski definition) is 1. The summed E-state index contributed by atoms with van der Waals surface area (Å²) in [5.41, 5.74) is 8.37. The SMILES string of the molecule is [NH]C(=S)Nc1ccc2ccc3cccc4ccc1c2c34. The molecule has 0 aromatic heterocycles. The Morgan fingerprint density at radius 2 is 1.40 bits per heavy atom. The maximum absolute atomic E-state index is 7.47.